The van der Waals surface area contributed by atoms with Crippen LogP contribution in [-0.2, 0) is 14.9 Å². The van der Waals surface area contributed by atoms with Gasteiger partial charge in [-0.2, -0.15) is 0 Å². The molecular weight excluding hydrogens is 331 g/mol. The zero-order valence-electron chi connectivity index (χ0n) is 14.1. The molecule has 0 radical (unpaired) electrons. The summed E-state index contributed by atoms with van der Waals surface area (Å²) < 4.78 is 19.2. The van der Waals surface area contributed by atoms with Crippen molar-refractivity contribution in [1.29, 1.82) is 0 Å². The summed E-state index contributed by atoms with van der Waals surface area (Å²) in [6.45, 7) is 5.17. The Morgan fingerprint density at radius 1 is 1.33 bits per heavy atom. The summed E-state index contributed by atoms with van der Waals surface area (Å²) in [4.78, 5) is 15.3. The molecule has 0 spiro atoms. The Bertz CT molecular complexity index is 592. The first-order valence-electron chi connectivity index (χ1n) is 8.32. The Hall–Kier alpha value is -1.17. The molecule has 1 atom stereocenters. The number of benzene rings is 1. The molecule has 0 aliphatic carbocycles. The lowest BCUT2D eigenvalue weighted by molar-refractivity contribution is -0.140. The van der Waals surface area contributed by atoms with Gasteiger partial charge in [0.05, 0.1) is 5.41 Å². The summed E-state index contributed by atoms with van der Waals surface area (Å²) in [6, 6.07) is 6.47. The van der Waals surface area contributed by atoms with Gasteiger partial charge in [-0.3, -0.25) is 4.79 Å². The van der Waals surface area contributed by atoms with E-state index in [1.807, 2.05) is 11.0 Å². The minimum atomic E-state index is -0.666. The second kappa shape index (κ2) is 7.38. The number of hydrogen-bond donors (Lipinski definition) is 1. The molecule has 2 heterocycles. The van der Waals surface area contributed by atoms with Crippen molar-refractivity contribution in [3.8, 4) is 0 Å². The minimum absolute atomic E-state index is 0. The van der Waals surface area contributed by atoms with Gasteiger partial charge in [-0.05, 0) is 48.9 Å². The van der Waals surface area contributed by atoms with Crippen molar-refractivity contribution in [1.82, 2.24) is 4.90 Å². The first-order valence-corrected chi connectivity index (χ1v) is 8.32. The van der Waals surface area contributed by atoms with Gasteiger partial charge < -0.3 is 15.4 Å². The van der Waals surface area contributed by atoms with Crippen LogP contribution in [0.5, 0.6) is 0 Å². The second-order valence-electron chi connectivity index (χ2n) is 7.20. The van der Waals surface area contributed by atoms with Crippen LogP contribution in [-0.4, -0.2) is 43.7 Å². The fourth-order valence-electron chi connectivity index (χ4n) is 3.80. The van der Waals surface area contributed by atoms with Crippen LogP contribution in [0.4, 0.5) is 4.39 Å². The largest absolute Gasteiger partial charge is 0.381 e. The van der Waals surface area contributed by atoms with Crippen molar-refractivity contribution in [2.24, 2.45) is 11.1 Å². The summed E-state index contributed by atoms with van der Waals surface area (Å²) in [7, 11) is 0. The number of nitrogens with zero attached hydrogens (tertiary/aromatic N) is 1. The molecule has 2 saturated heterocycles. The molecule has 2 aliphatic heterocycles. The third-order valence-corrected chi connectivity index (χ3v) is 5.47. The van der Waals surface area contributed by atoms with Crippen molar-refractivity contribution < 1.29 is 13.9 Å². The molecule has 24 heavy (non-hydrogen) atoms. The molecule has 2 fully saturated rings. The molecule has 1 aromatic rings. The molecule has 6 heteroatoms. The van der Waals surface area contributed by atoms with E-state index in [9.17, 15) is 9.18 Å². The van der Waals surface area contributed by atoms with Gasteiger partial charge in [-0.1, -0.05) is 19.1 Å². The second-order valence-corrected chi connectivity index (χ2v) is 7.20. The first kappa shape index (κ1) is 19.2. The van der Waals surface area contributed by atoms with E-state index in [1.165, 1.54) is 12.1 Å². The monoisotopic (exact) mass is 356 g/mol. The Kier molecular flexibility index (Phi) is 5.89. The molecule has 0 bridgehead atoms. The summed E-state index contributed by atoms with van der Waals surface area (Å²) in [5, 5.41) is 0. The van der Waals surface area contributed by atoms with Crippen LogP contribution in [0.2, 0.25) is 0 Å². The highest BCUT2D eigenvalue weighted by Crippen LogP contribution is 2.39. The van der Waals surface area contributed by atoms with Gasteiger partial charge >= 0.3 is 0 Å². The van der Waals surface area contributed by atoms with Crippen LogP contribution in [0.25, 0.3) is 0 Å². The van der Waals surface area contributed by atoms with Gasteiger partial charge in [-0.15, -0.1) is 12.4 Å². The Morgan fingerprint density at radius 3 is 2.62 bits per heavy atom. The lowest BCUT2D eigenvalue weighted by atomic mass is 9.73. The molecule has 4 nitrogen and oxygen atoms in total. The van der Waals surface area contributed by atoms with E-state index < -0.39 is 5.41 Å². The van der Waals surface area contributed by atoms with Crippen LogP contribution < -0.4 is 5.73 Å². The number of ether oxygens (including phenoxy) is 1. The summed E-state index contributed by atoms with van der Waals surface area (Å²) in [5.41, 5.74) is 5.96. The highest BCUT2D eigenvalue weighted by atomic mass is 35.5. The maximum Gasteiger partial charge on any atom is 0.233 e. The predicted octanol–water partition coefficient (Wildman–Crippen LogP) is 2.49. The van der Waals surface area contributed by atoms with Crippen LogP contribution in [0.1, 0.15) is 31.7 Å². The Morgan fingerprint density at radius 2 is 2.04 bits per heavy atom. The molecule has 2 aliphatic rings. The van der Waals surface area contributed by atoms with Gasteiger partial charge in [0.15, 0.2) is 0 Å². The normalized spacial score (nSPS) is 26.0. The van der Waals surface area contributed by atoms with Gasteiger partial charge in [-0.25, -0.2) is 4.39 Å². The molecule has 1 amide bonds. The highest BCUT2D eigenvalue weighted by molar-refractivity contribution is 5.88. The number of rotatable bonds is 3. The predicted molar refractivity (Wildman–Crippen MR) is 93.7 cm³/mol. The van der Waals surface area contributed by atoms with Crippen LogP contribution >= 0.6 is 12.4 Å². The smallest absolute Gasteiger partial charge is 0.233 e. The molecule has 134 valence electrons. The maximum atomic E-state index is 13.7. The number of hydrogen-bond acceptors (Lipinski definition) is 3. The van der Waals surface area contributed by atoms with Crippen LogP contribution in [0, 0.1) is 11.2 Å². The molecule has 0 aromatic heterocycles. The zero-order valence-corrected chi connectivity index (χ0v) is 14.9. The average Bonchev–Trinajstić information content (AvgIpc) is 2.98. The summed E-state index contributed by atoms with van der Waals surface area (Å²) >= 11 is 0. The van der Waals surface area contributed by atoms with E-state index in [4.69, 9.17) is 10.5 Å². The first-order chi connectivity index (χ1) is 11.0. The Labute approximate surface area is 148 Å². The SMILES string of the molecule is CC1(CN)CCN(C(=O)C2(c3cccc(F)c3)CCOCC2)C1.Cl. The maximum absolute atomic E-state index is 13.7. The number of nitrogens with two attached hydrogens (primary N) is 1. The highest BCUT2D eigenvalue weighted by Gasteiger charge is 2.47. The van der Waals surface area contributed by atoms with Crippen molar-refractivity contribution in [2.45, 2.75) is 31.6 Å². The van der Waals surface area contributed by atoms with E-state index in [0.29, 0.717) is 39.1 Å². The topological polar surface area (TPSA) is 55.6 Å². The lowest BCUT2D eigenvalue weighted by Crippen LogP contribution is -2.50. The van der Waals surface area contributed by atoms with Gasteiger partial charge in [0.2, 0.25) is 5.91 Å². The fraction of sp³-hybridized carbons (Fsp3) is 0.611. The standard InChI is InChI=1S/C18H25FN2O2.ClH/c1-17(12-20)5-8-21(13-17)16(22)18(6-9-23-10-7-18)14-3-2-4-15(19)11-14;/h2-4,11H,5-10,12-13,20H2,1H3;1H. The molecule has 1 unspecified atom stereocenters. The number of carbonyl (C=O) groups is 1. The molecule has 1 aromatic carbocycles. The number of amides is 1. The minimum Gasteiger partial charge on any atom is -0.381 e. The van der Waals surface area contributed by atoms with E-state index >= 15 is 0 Å². The van der Waals surface area contributed by atoms with Crippen molar-refractivity contribution in [3.05, 3.63) is 35.6 Å². The van der Waals surface area contributed by atoms with Crippen molar-refractivity contribution in [3.63, 3.8) is 0 Å². The fourth-order valence-corrected chi connectivity index (χ4v) is 3.80. The Balaban J connectivity index is 0.00000208. The van der Waals surface area contributed by atoms with E-state index in [-0.39, 0.29) is 29.5 Å². The number of likely N-dealkylation sites (tertiary alicyclic amines) is 1. The van der Waals surface area contributed by atoms with Gasteiger partial charge in [0.25, 0.3) is 0 Å². The van der Waals surface area contributed by atoms with Gasteiger partial charge in [0.1, 0.15) is 5.82 Å². The van der Waals surface area contributed by atoms with Crippen molar-refractivity contribution in [2.75, 3.05) is 32.8 Å². The molecule has 3 rings (SSSR count). The van der Waals surface area contributed by atoms with E-state index in [0.717, 1.165) is 18.5 Å². The lowest BCUT2D eigenvalue weighted by Gasteiger charge is -2.39. The summed E-state index contributed by atoms with van der Waals surface area (Å²) in [5.74, 6) is -0.196. The summed E-state index contributed by atoms with van der Waals surface area (Å²) in [6.07, 6.45) is 2.13. The third-order valence-electron chi connectivity index (χ3n) is 5.47. The van der Waals surface area contributed by atoms with E-state index in [2.05, 4.69) is 6.92 Å². The van der Waals surface area contributed by atoms with Crippen molar-refractivity contribution >= 4 is 18.3 Å². The van der Waals surface area contributed by atoms with Crippen LogP contribution in [0.3, 0.4) is 0 Å². The quantitative estimate of drug-likeness (QED) is 0.905. The number of carbonyl (C=O) groups excluding carboxylic acids is 1. The van der Waals surface area contributed by atoms with E-state index in [1.54, 1.807) is 6.07 Å². The van der Waals surface area contributed by atoms with Gasteiger partial charge in [0, 0.05) is 26.3 Å². The average molecular weight is 357 g/mol. The number of halogens is 2. The zero-order chi connectivity index (χ0) is 16.5. The molecular formula is C18H26ClFN2O2. The third kappa shape index (κ3) is 3.44. The molecule has 2 N–H and O–H groups in total. The molecule has 0 saturated carbocycles. The van der Waals surface area contributed by atoms with Crippen LogP contribution in [0.15, 0.2) is 24.3 Å².